The van der Waals surface area contributed by atoms with Crippen LogP contribution in [0.3, 0.4) is 0 Å². The molecule has 138 valence electrons. The fourth-order valence-electron chi connectivity index (χ4n) is 3.60. The number of ether oxygens (including phenoxy) is 1. The van der Waals surface area contributed by atoms with Gasteiger partial charge >= 0.3 is 0 Å². The van der Waals surface area contributed by atoms with E-state index in [4.69, 9.17) is 14.7 Å². The topological polar surface area (TPSA) is 92.2 Å². The highest BCUT2D eigenvalue weighted by molar-refractivity contribution is 5.59. The highest BCUT2D eigenvalue weighted by atomic mass is 16.5. The number of pyridine rings is 1. The summed E-state index contributed by atoms with van der Waals surface area (Å²) in [5.41, 5.74) is 3.05. The predicted molar refractivity (Wildman–Crippen MR) is 98.7 cm³/mol. The number of nitrogens with zero attached hydrogens (tertiary/aromatic N) is 3. The Labute approximate surface area is 153 Å². The third-order valence-corrected chi connectivity index (χ3v) is 5.40. The van der Waals surface area contributed by atoms with Crippen LogP contribution >= 0.6 is 0 Å². The molecule has 0 amide bonds. The third-order valence-electron chi connectivity index (χ3n) is 5.40. The maximum absolute atomic E-state index is 9.95. The van der Waals surface area contributed by atoms with Gasteiger partial charge in [-0.25, -0.2) is 9.97 Å². The van der Waals surface area contributed by atoms with E-state index in [2.05, 4.69) is 15.6 Å². The third kappa shape index (κ3) is 3.56. The Morgan fingerprint density at radius 3 is 2.77 bits per heavy atom. The fraction of sp³-hybridized carbons (Fsp3) is 0.526. The molecule has 0 bridgehead atoms. The molecule has 0 unspecified atom stereocenters. The Balaban J connectivity index is 1.63. The Morgan fingerprint density at radius 1 is 1.19 bits per heavy atom. The van der Waals surface area contributed by atoms with Crippen molar-refractivity contribution in [2.24, 2.45) is 5.41 Å². The van der Waals surface area contributed by atoms with Crippen molar-refractivity contribution in [3.8, 4) is 11.4 Å². The van der Waals surface area contributed by atoms with Gasteiger partial charge in [0, 0.05) is 55.2 Å². The van der Waals surface area contributed by atoms with Gasteiger partial charge in [-0.2, -0.15) is 0 Å². The van der Waals surface area contributed by atoms with E-state index < -0.39 is 0 Å². The van der Waals surface area contributed by atoms with Crippen molar-refractivity contribution in [3.05, 3.63) is 35.8 Å². The first-order valence-corrected chi connectivity index (χ1v) is 9.23. The number of anilines is 1. The van der Waals surface area contributed by atoms with Crippen LogP contribution in [-0.2, 0) is 17.7 Å². The second-order valence-corrected chi connectivity index (χ2v) is 7.11. The Kier molecular flexibility index (Phi) is 5.10. The molecule has 0 radical (unpaired) electrons. The first-order valence-electron chi connectivity index (χ1n) is 9.23. The van der Waals surface area contributed by atoms with E-state index in [9.17, 15) is 5.11 Å². The molecule has 0 atom stereocenters. The molecule has 0 spiro atoms. The number of fused-ring (bicyclic) bond motifs is 1. The zero-order valence-corrected chi connectivity index (χ0v) is 14.9. The van der Waals surface area contributed by atoms with Gasteiger partial charge in [0.1, 0.15) is 5.82 Å². The molecule has 3 N–H and O–H groups in total. The Hall–Kier alpha value is -2.09. The summed E-state index contributed by atoms with van der Waals surface area (Å²) in [5, 5.41) is 16.9. The van der Waals surface area contributed by atoms with E-state index in [0.29, 0.717) is 25.6 Å². The predicted octanol–water partition coefficient (Wildman–Crippen LogP) is 1.39. The molecule has 1 saturated heterocycles. The van der Waals surface area contributed by atoms with Gasteiger partial charge in [0.25, 0.3) is 0 Å². The zero-order chi connectivity index (χ0) is 17.8. The van der Waals surface area contributed by atoms with E-state index in [1.807, 2.05) is 12.1 Å². The molecule has 0 aromatic carbocycles. The van der Waals surface area contributed by atoms with Gasteiger partial charge in [-0.1, -0.05) is 0 Å². The van der Waals surface area contributed by atoms with Gasteiger partial charge in [0.15, 0.2) is 5.82 Å². The molecule has 26 heavy (non-hydrogen) atoms. The Bertz CT molecular complexity index is 747. The summed E-state index contributed by atoms with van der Waals surface area (Å²) in [6.07, 6.45) is 6.15. The molecule has 2 aromatic heterocycles. The quantitative estimate of drug-likeness (QED) is 0.746. The molecule has 2 aliphatic rings. The normalized spacial score (nSPS) is 19.0. The van der Waals surface area contributed by atoms with Gasteiger partial charge in [-0.3, -0.25) is 4.98 Å². The molecule has 1 fully saturated rings. The minimum Gasteiger partial charge on any atom is -0.396 e. The minimum atomic E-state index is -0.139. The first kappa shape index (κ1) is 17.3. The minimum absolute atomic E-state index is 0.139. The summed E-state index contributed by atoms with van der Waals surface area (Å²) in [6, 6.07) is 3.85. The van der Waals surface area contributed by atoms with Crippen LogP contribution in [0.2, 0.25) is 0 Å². The number of aromatic nitrogens is 3. The smallest absolute Gasteiger partial charge is 0.161 e. The van der Waals surface area contributed by atoms with Crippen molar-refractivity contribution in [2.75, 3.05) is 38.2 Å². The maximum atomic E-state index is 9.95. The molecule has 7 heteroatoms. The summed E-state index contributed by atoms with van der Waals surface area (Å²) in [7, 11) is 0. The van der Waals surface area contributed by atoms with Crippen molar-refractivity contribution in [2.45, 2.75) is 25.8 Å². The van der Waals surface area contributed by atoms with E-state index in [0.717, 1.165) is 49.4 Å². The van der Waals surface area contributed by atoms with E-state index in [1.54, 1.807) is 12.4 Å². The van der Waals surface area contributed by atoms with E-state index in [1.165, 1.54) is 5.56 Å². The van der Waals surface area contributed by atoms with Gasteiger partial charge in [0.05, 0.1) is 12.3 Å². The highest BCUT2D eigenvalue weighted by Crippen LogP contribution is 2.31. The number of hydrogen-bond donors (Lipinski definition) is 3. The standard InChI is InChI=1S/C19H25N5O2/c25-13-19(4-9-26-10-5-19)12-22-18-15-3-8-21-11-16(15)23-17(24-18)14-1-6-20-7-2-14/h1-2,6-7,21,25H,3-5,8-13H2,(H,22,23,24). The molecule has 4 rings (SSSR count). The Morgan fingerprint density at radius 2 is 2.00 bits per heavy atom. The van der Waals surface area contributed by atoms with Crippen LogP contribution < -0.4 is 10.6 Å². The largest absolute Gasteiger partial charge is 0.396 e. The average molecular weight is 355 g/mol. The van der Waals surface area contributed by atoms with Crippen molar-refractivity contribution >= 4 is 5.82 Å². The van der Waals surface area contributed by atoms with Crippen molar-refractivity contribution in [3.63, 3.8) is 0 Å². The summed E-state index contributed by atoms with van der Waals surface area (Å²) >= 11 is 0. The zero-order valence-electron chi connectivity index (χ0n) is 14.9. The first-order chi connectivity index (χ1) is 12.8. The second kappa shape index (κ2) is 7.65. The van der Waals surface area contributed by atoms with Gasteiger partial charge in [0.2, 0.25) is 0 Å². The van der Waals surface area contributed by atoms with Crippen LogP contribution in [0.5, 0.6) is 0 Å². The van der Waals surface area contributed by atoms with Gasteiger partial charge in [-0.15, -0.1) is 0 Å². The lowest BCUT2D eigenvalue weighted by molar-refractivity contribution is -0.00862. The van der Waals surface area contributed by atoms with Crippen molar-refractivity contribution in [1.29, 1.82) is 0 Å². The van der Waals surface area contributed by atoms with Crippen LogP contribution in [0.1, 0.15) is 24.1 Å². The van der Waals surface area contributed by atoms with E-state index in [-0.39, 0.29) is 12.0 Å². The second-order valence-electron chi connectivity index (χ2n) is 7.11. The molecule has 2 aromatic rings. The molecule has 0 saturated carbocycles. The number of aliphatic hydroxyl groups excluding tert-OH is 1. The molecular weight excluding hydrogens is 330 g/mol. The fourth-order valence-corrected chi connectivity index (χ4v) is 3.60. The molecule has 2 aliphatic heterocycles. The molecule has 0 aliphatic carbocycles. The van der Waals surface area contributed by atoms with Crippen LogP contribution in [-0.4, -0.2) is 53.0 Å². The summed E-state index contributed by atoms with van der Waals surface area (Å²) in [4.78, 5) is 13.7. The maximum Gasteiger partial charge on any atom is 0.161 e. The van der Waals surface area contributed by atoms with Crippen LogP contribution in [0.4, 0.5) is 5.82 Å². The van der Waals surface area contributed by atoms with Crippen LogP contribution in [0.15, 0.2) is 24.5 Å². The molecule has 7 nitrogen and oxygen atoms in total. The average Bonchev–Trinajstić information content (AvgIpc) is 2.73. The highest BCUT2D eigenvalue weighted by Gasteiger charge is 2.32. The summed E-state index contributed by atoms with van der Waals surface area (Å²) < 4.78 is 5.47. The lowest BCUT2D eigenvalue weighted by Crippen LogP contribution is -2.39. The number of nitrogens with one attached hydrogen (secondary N) is 2. The van der Waals surface area contributed by atoms with Gasteiger partial charge < -0.3 is 20.5 Å². The molecular formula is C19H25N5O2. The van der Waals surface area contributed by atoms with Crippen LogP contribution in [0.25, 0.3) is 11.4 Å². The van der Waals surface area contributed by atoms with Gasteiger partial charge in [-0.05, 0) is 37.9 Å². The lowest BCUT2D eigenvalue weighted by atomic mass is 9.81. The summed E-state index contributed by atoms with van der Waals surface area (Å²) in [5.74, 6) is 1.60. The van der Waals surface area contributed by atoms with E-state index >= 15 is 0 Å². The van der Waals surface area contributed by atoms with Crippen LogP contribution in [0, 0.1) is 5.41 Å². The lowest BCUT2D eigenvalue weighted by Gasteiger charge is -2.36. The van der Waals surface area contributed by atoms with Crippen molar-refractivity contribution in [1.82, 2.24) is 20.3 Å². The number of aliphatic hydroxyl groups is 1. The molecule has 4 heterocycles. The SMILES string of the molecule is OCC1(CNc2nc(-c3ccncc3)nc3c2CCNC3)CCOCC1. The number of hydrogen-bond acceptors (Lipinski definition) is 7. The van der Waals surface area contributed by atoms with Crippen molar-refractivity contribution < 1.29 is 9.84 Å². The summed E-state index contributed by atoms with van der Waals surface area (Å²) in [6.45, 7) is 3.95. The number of rotatable bonds is 5. The monoisotopic (exact) mass is 355 g/mol.